The highest BCUT2D eigenvalue weighted by Gasteiger charge is 2.35. The molecule has 3 rings (SSSR count). The molecule has 1 aliphatic heterocycles. The lowest BCUT2D eigenvalue weighted by Crippen LogP contribution is -2.44. The molecule has 0 radical (unpaired) electrons. The van der Waals surface area contributed by atoms with Gasteiger partial charge in [-0.3, -0.25) is 9.69 Å². The minimum Gasteiger partial charge on any atom is -0.348 e. The number of likely N-dealkylation sites (tertiary alicyclic amines) is 1. The van der Waals surface area contributed by atoms with Crippen molar-refractivity contribution in [2.24, 2.45) is 0 Å². The first-order valence-electron chi connectivity index (χ1n) is 11.7. The molecular weight excluding hydrogens is 515 g/mol. The van der Waals surface area contributed by atoms with Crippen LogP contribution in [0, 0.1) is 0 Å². The van der Waals surface area contributed by atoms with E-state index in [2.05, 4.69) is 10.2 Å². The van der Waals surface area contributed by atoms with Gasteiger partial charge >= 0.3 is 6.18 Å². The molecule has 1 fully saturated rings. The van der Waals surface area contributed by atoms with E-state index in [-0.39, 0.29) is 51.5 Å². The fourth-order valence-corrected chi connectivity index (χ4v) is 5.69. The van der Waals surface area contributed by atoms with Gasteiger partial charge in [0.1, 0.15) is 0 Å². The first-order chi connectivity index (χ1) is 16.8. The van der Waals surface area contributed by atoms with E-state index in [1.54, 1.807) is 0 Å². The van der Waals surface area contributed by atoms with Crippen LogP contribution < -0.4 is 5.32 Å². The number of nitrogens with zero attached hydrogens (tertiary/aromatic N) is 2. The van der Waals surface area contributed by atoms with E-state index >= 15 is 0 Å². The van der Waals surface area contributed by atoms with Crippen LogP contribution in [0.3, 0.4) is 0 Å². The molecule has 11 heteroatoms. The topological polar surface area (TPSA) is 69.7 Å². The number of likely N-dealkylation sites (N-methyl/N-ethyl adjacent to an activating group) is 1. The van der Waals surface area contributed by atoms with Crippen molar-refractivity contribution in [1.82, 2.24) is 15.1 Å². The maximum atomic E-state index is 13.9. The van der Waals surface area contributed by atoms with Crippen LogP contribution in [-0.4, -0.2) is 63.1 Å². The maximum absolute atomic E-state index is 13.9. The number of piperidine rings is 1. The number of sulfone groups is 1. The zero-order valence-electron chi connectivity index (χ0n) is 20.5. The Morgan fingerprint density at radius 3 is 2.53 bits per heavy atom. The Kier molecular flexibility index (Phi) is 9.08. The van der Waals surface area contributed by atoms with E-state index in [1.807, 2.05) is 19.0 Å². The quantitative estimate of drug-likeness (QED) is 0.525. The van der Waals surface area contributed by atoms with E-state index in [1.165, 1.54) is 37.3 Å². The zero-order chi connectivity index (χ0) is 26.7. The van der Waals surface area contributed by atoms with Crippen molar-refractivity contribution in [1.29, 1.82) is 0 Å². The van der Waals surface area contributed by atoms with Crippen molar-refractivity contribution < 1.29 is 26.4 Å². The Morgan fingerprint density at radius 1 is 1.17 bits per heavy atom. The van der Waals surface area contributed by atoms with Crippen LogP contribution in [0.2, 0.25) is 5.02 Å². The molecule has 1 atom stereocenters. The lowest BCUT2D eigenvalue weighted by atomic mass is 10.00. The van der Waals surface area contributed by atoms with Gasteiger partial charge in [-0.05, 0) is 74.9 Å². The standard InChI is InChI=1S/C25H31ClF3N3O3S/c1-4-36(34,35)23-10-9-20(26)12-19(23)14-30-24(33)17-7-8-18(22(13-17)25(27,28)29)15-32-11-5-6-21(16-32)31(2)3/h7-10,12-13,21H,4-6,11,14-16H2,1-3H3,(H,30,33)/t21-/m1/s1. The number of benzene rings is 2. The number of hydrogen-bond donors (Lipinski definition) is 1. The second-order valence-electron chi connectivity index (χ2n) is 9.20. The van der Waals surface area contributed by atoms with Crippen molar-refractivity contribution in [3.63, 3.8) is 0 Å². The summed E-state index contributed by atoms with van der Waals surface area (Å²) in [7, 11) is 0.350. The molecule has 1 heterocycles. The molecule has 2 aromatic carbocycles. The number of hydrogen-bond acceptors (Lipinski definition) is 5. The summed E-state index contributed by atoms with van der Waals surface area (Å²) in [5, 5.41) is 2.82. The second kappa shape index (κ2) is 11.5. The lowest BCUT2D eigenvalue weighted by Gasteiger charge is -2.36. The first kappa shape index (κ1) is 28.4. The van der Waals surface area contributed by atoms with Gasteiger partial charge < -0.3 is 10.2 Å². The van der Waals surface area contributed by atoms with Gasteiger partial charge in [0.15, 0.2) is 9.84 Å². The monoisotopic (exact) mass is 545 g/mol. The van der Waals surface area contributed by atoms with Crippen LogP contribution in [0.1, 0.15) is 46.8 Å². The zero-order valence-corrected chi connectivity index (χ0v) is 22.1. The molecule has 198 valence electrons. The second-order valence-corrected chi connectivity index (χ2v) is 11.9. The van der Waals surface area contributed by atoms with Crippen LogP contribution in [0.4, 0.5) is 13.2 Å². The van der Waals surface area contributed by atoms with Gasteiger partial charge in [-0.2, -0.15) is 13.2 Å². The summed E-state index contributed by atoms with van der Waals surface area (Å²) >= 11 is 6.00. The number of carbonyl (C=O) groups excluding carboxylic acids is 1. The van der Waals surface area contributed by atoms with E-state index in [0.29, 0.717) is 13.1 Å². The van der Waals surface area contributed by atoms with Crippen molar-refractivity contribution in [2.75, 3.05) is 32.9 Å². The average Bonchev–Trinajstić information content (AvgIpc) is 2.82. The Bertz CT molecular complexity index is 1200. The summed E-state index contributed by atoms with van der Waals surface area (Å²) < 4.78 is 66.5. The molecule has 1 saturated heterocycles. The summed E-state index contributed by atoms with van der Waals surface area (Å²) in [6, 6.07) is 8.09. The molecule has 6 nitrogen and oxygen atoms in total. The molecule has 0 aromatic heterocycles. The van der Waals surface area contributed by atoms with Crippen molar-refractivity contribution in [3.8, 4) is 0 Å². The van der Waals surface area contributed by atoms with Gasteiger partial charge in [-0.1, -0.05) is 24.6 Å². The minimum absolute atomic E-state index is 0.0265. The number of alkyl halides is 3. The molecular formula is C25H31ClF3N3O3S. The highest BCUT2D eigenvalue weighted by atomic mass is 35.5. The van der Waals surface area contributed by atoms with Gasteiger partial charge in [0.25, 0.3) is 5.91 Å². The summed E-state index contributed by atoms with van der Waals surface area (Å²) in [6.45, 7) is 2.83. The molecule has 0 bridgehead atoms. The third kappa shape index (κ3) is 7.00. The normalized spacial score (nSPS) is 17.4. The van der Waals surface area contributed by atoms with E-state index in [4.69, 9.17) is 11.6 Å². The van der Waals surface area contributed by atoms with Gasteiger partial charge in [0.2, 0.25) is 0 Å². The third-order valence-corrected chi connectivity index (χ3v) is 8.52. The summed E-state index contributed by atoms with van der Waals surface area (Å²) in [4.78, 5) is 16.9. The number of nitrogens with one attached hydrogen (secondary N) is 1. The van der Waals surface area contributed by atoms with Crippen molar-refractivity contribution in [2.45, 2.75) is 50.0 Å². The highest BCUT2D eigenvalue weighted by Crippen LogP contribution is 2.34. The highest BCUT2D eigenvalue weighted by molar-refractivity contribution is 7.91. The SMILES string of the molecule is CCS(=O)(=O)c1ccc(Cl)cc1CNC(=O)c1ccc(CN2CCC[C@@H](N(C)C)C2)c(C(F)(F)F)c1. The number of halogens is 4. The predicted octanol–water partition coefficient (Wildman–Crippen LogP) is 4.61. The lowest BCUT2D eigenvalue weighted by molar-refractivity contribution is -0.138. The van der Waals surface area contributed by atoms with Crippen LogP contribution >= 0.6 is 11.6 Å². The molecule has 36 heavy (non-hydrogen) atoms. The van der Waals surface area contributed by atoms with Gasteiger partial charge in [0, 0.05) is 36.3 Å². The smallest absolute Gasteiger partial charge is 0.348 e. The Balaban J connectivity index is 1.80. The van der Waals surface area contributed by atoms with E-state index in [0.717, 1.165) is 18.9 Å². The number of amides is 1. The Labute approximate surface area is 215 Å². The van der Waals surface area contributed by atoms with E-state index < -0.39 is 27.5 Å². The van der Waals surface area contributed by atoms with Gasteiger partial charge in [-0.15, -0.1) is 0 Å². The Morgan fingerprint density at radius 2 is 1.89 bits per heavy atom. The molecule has 2 aromatic rings. The summed E-state index contributed by atoms with van der Waals surface area (Å²) in [5.41, 5.74) is -0.618. The molecule has 1 N–H and O–H groups in total. The number of carbonyl (C=O) groups is 1. The van der Waals surface area contributed by atoms with Crippen LogP contribution in [0.5, 0.6) is 0 Å². The third-order valence-electron chi connectivity index (χ3n) is 6.46. The van der Waals surface area contributed by atoms with Crippen LogP contribution in [-0.2, 0) is 29.1 Å². The molecule has 0 unspecified atom stereocenters. The number of rotatable bonds is 8. The van der Waals surface area contributed by atoms with Gasteiger partial charge in [0.05, 0.1) is 16.2 Å². The van der Waals surface area contributed by atoms with E-state index in [9.17, 15) is 26.4 Å². The largest absolute Gasteiger partial charge is 0.416 e. The Hall–Kier alpha value is -2.14. The van der Waals surface area contributed by atoms with Crippen molar-refractivity contribution in [3.05, 3.63) is 63.7 Å². The molecule has 1 aliphatic rings. The molecule has 0 saturated carbocycles. The minimum atomic E-state index is -4.63. The predicted molar refractivity (Wildman–Crippen MR) is 134 cm³/mol. The molecule has 0 spiro atoms. The summed E-state index contributed by atoms with van der Waals surface area (Å²) in [5.74, 6) is -0.879. The average molecular weight is 546 g/mol. The van der Waals surface area contributed by atoms with Crippen LogP contribution in [0.25, 0.3) is 0 Å². The summed E-state index contributed by atoms with van der Waals surface area (Å²) in [6.07, 6.45) is -2.72. The molecule has 1 amide bonds. The first-order valence-corrected chi connectivity index (χ1v) is 13.7. The maximum Gasteiger partial charge on any atom is 0.416 e. The fraction of sp³-hybridized carbons (Fsp3) is 0.480. The fourth-order valence-electron chi connectivity index (χ4n) is 4.38. The van der Waals surface area contributed by atoms with Gasteiger partial charge in [-0.25, -0.2) is 8.42 Å². The van der Waals surface area contributed by atoms with Crippen LogP contribution in [0.15, 0.2) is 41.3 Å². The van der Waals surface area contributed by atoms with Crippen molar-refractivity contribution >= 4 is 27.3 Å². The molecule has 0 aliphatic carbocycles.